The summed E-state index contributed by atoms with van der Waals surface area (Å²) in [4.78, 5) is 11.3. The monoisotopic (exact) mass is 201 g/mol. The molecule has 1 aromatic rings. The van der Waals surface area contributed by atoms with Gasteiger partial charge in [0.1, 0.15) is 6.04 Å². The van der Waals surface area contributed by atoms with Gasteiger partial charge in [-0.3, -0.25) is 4.79 Å². The van der Waals surface area contributed by atoms with Crippen molar-refractivity contribution in [3.05, 3.63) is 4.77 Å². The van der Waals surface area contributed by atoms with Crippen molar-refractivity contribution in [2.45, 2.75) is 19.9 Å². The second-order valence-corrected chi connectivity index (χ2v) is 2.89. The number of aromatic amines is 1. The smallest absolute Gasteiger partial charge is 0.244 e. The van der Waals surface area contributed by atoms with Crippen LogP contribution in [-0.4, -0.2) is 32.7 Å². The van der Waals surface area contributed by atoms with Crippen LogP contribution in [0.2, 0.25) is 0 Å². The van der Waals surface area contributed by atoms with Gasteiger partial charge < -0.3 is 5.32 Å². The molecule has 0 aliphatic carbocycles. The molecule has 0 spiro atoms. The number of nitrogens with zero attached hydrogens (tertiary/aromatic N) is 3. The maximum atomic E-state index is 11.3. The maximum absolute atomic E-state index is 11.3. The minimum atomic E-state index is -0.401. The van der Waals surface area contributed by atoms with E-state index in [1.165, 1.54) is 4.68 Å². The third-order valence-corrected chi connectivity index (χ3v) is 1.89. The number of nitrogens with one attached hydrogen (secondary N) is 2. The molecule has 0 bridgehead atoms. The Labute approximate surface area is 80.3 Å². The molecule has 0 aromatic carbocycles. The quantitative estimate of drug-likeness (QED) is 0.677. The Balaban J connectivity index is 2.79. The highest BCUT2D eigenvalue weighted by Crippen LogP contribution is 2.01. The van der Waals surface area contributed by atoms with E-state index in [4.69, 9.17) is 12.2 Å². The van der Waals surface area contributed by atoms with E-state index in [0.717, 1.165) is 0 Å². The van der Waals surface area contributed by atoms with Crippen LogP contribution < -0.4 is 5.32 Å². The zero-order valence-corrected chi connectivity index (χ0v) is 8.26. The zero-order valence-electron chi connectivity index (χ0n) is 7.44. The topological polar surface area (TPSA) is 75.6 Å². The minimum absolute atomic E-state index is 0.107. The SMILES string of the molecule is CCNC(=O)C(C)n1[nH]nnc1=S. The molecule has 1 amide bonds. The van der Waals surface area contributed by atoms with E-state index in [2.05, 4.69) is 20.8 Å². The molecule has 2 N–H and O–H groups in total. The van der Waals surface area contributed by atoms with E-state index < -0.39 is 6.04 Å². The molecule has 13 heavy (non-hydrogen) atoms. The molecule has 0 saturated carbocycles. The first-order valence-corrected chi connectivity index (χ1v) is 4.35. The van der Waals surface area contributed by atoms with Crippen molar-refractivity contribution in [3.63, 3.8) is 0 Å². The predicted molar refractivity (Wildman–Crippen MR) is 48.6 cm³/mol. The molecule has 7 heteroatoms. The molecule has 1 rings (SSSR count). The first kappa shape index (κ1) is 9.85. The van der Waals surface area contributed by atoms with Crippen LogP contribution >= 0.6 is 12.2 Å². The summed E-state index contributed by atoms with van der Waals surface area (Å²) in [6.45, 7) is 4.17. The number of aromatic nitrogens is 4. The van der Waals surface area contributed by atoms with Crippen LogP contribution in [0.3, 0.4) is 0 Å². The molecule has 72 valence electrons. The van der Waals surface area contributed by atoms with Gasteiger partial charge in [-0.25, -0.2) is 4.68 Å². The summed E-state index contributed by atoms with van der Waals surface area (Å²) in [5, 5.41) is 12.3. The van der Waals surface area contributed by atoms with Crippen molar-refractivity contribution >= 4 is 18.1 Å². The van der Waals surface area contributed by atoms with Crippen LogP contribution in [0.5, 0.6) is 0 Å². The fourth-order valence-corrected chi connectivity index (χ4v) is 1.14. The average molecular weight is 201 g/mol. The molecule has 1 heterocycles. The van der Waals surface area contributed by atoms with Crippen molar-refractivity contribution in [1.82, 2.24) is 25.5 Å². The summed E-state index contributed by atoms with van der Waals surface area (Å²) < 4.78 is 1.71. The second kappa shape index (κ2) is 4.13. The van der Waals surface area contributed by atoms with Crippen LogP contribution in [0.15, 0.2) is 0 Å². The highest BCUT2D eigenvalue weighted by atomic mass is 32.1. The summed E-state index contributed by atoms with van der Waals surface area (Å²) in [7, 11) is 0. The average Bonchev–Trinajstić information content (AvgIpc) is 2.50. The van der Waals surface area contributed by atoms with E-state index in [9.17, 15) is 4.79 Å². The van der Waals surface area contributed by atoms with Gasteiger partial charge in [-0.1, -0.05) is 10.3 Å². The fourth-order valence-electron chi connectivity index (χ4n) is 0.896. The molecule has 0 saturated heterocycles. The summed E-state index contributed by atoms with van der Waals surface area (Å²) in [5.74, 6) is -0.107. The van der Waals surface area contributed by atoms with Gasteiger partial charge in [-0.15, -0.1) is 0 Å². The van der Waals surface area contributed by atoms with Crippen LogP contribution in [0.25, 0.3) is 0 Å². The van der Waals surface area contributed by atoms with Gasteiger partial charge in [0.25, 0.3) is 0 Å². The Morgan fingerprint density at radius 2 is 2.54 bits per heavy atom. The lowest BCUT2D eigenvalue weighted by Crippen LogP contribution is -2.31. The van der Waals surface area contributed by atoms with E-state index in [-0.39, 0.29) is 10.7 Å². The van der Waals surface area contributed by atoms with Crippen LogP contribution in [0, 0.1) is 4.77 Å². The van der Waals surface area contributed by atoms with Gasteiger partial charge in [-0.2, -0.15) is 5.21 Å². The lowest BCUT2D eigenvalue weighted by molar-refractivity contribution is -0.124. The Hall–Kier alpha value is -1.24. The first-order chi connectivity index (χ1) is 6.16. The summed E-state index contributed by atoms with van der Waals surface area (Å²) in [6.07, 6.45) is 0. The van der Waals surface area contributed by atoms with Crippen LogP contribution in [0.1, 0.15) is 19.9 Å². The molecule has 1 aromatic heterocycles. The summed E-state index contributed by atoms with van der Waals surface area (Å²) in [5.41, 5.74) is 0. The van der Waals surface area contributed by atoms with Gasteiger partial charge >= 0.3 is 0 Å². The maximum Gasteiger partial charge on any atom is 0.244 e. The predicted octanol–water partition coefficient (Wildman–Crippen LogP) is 0.0328. The lowest BCUT2D eigenvalue weighted by Gasteiger charge is -2.10. The van der Waals surface area contributed by atoms with E-state index in [1.54, 1.807) is 6.92 Å². The normalized spacial score (nSPS) is 12.5. The Morgan fingerprint density at radius 1 is 1.85 bits per heavy atom. The lowest BCUT2D eigenvalue weighted by atomic mass is 10.3. The zero-order chi connectivity index (χ0) is 9.84. The van der Waals surface area contributed by atoms with Crippen molar-refractivity contribution in [2.75, 3.05) is 6.54 Å². The molecule has 0 fully saturated rings. The molecule has 6 nitrogen and oxygen atoms in total. The Bertz CT molecular complexity index is 343. The minimum Gasteiger partial charge on any atom is -0.355 e. The van der Waals surface area contributed by atoms with Crippen LogP contribution in [-0.2, 0) is 4.79 Å². The summed E-state index contributed by atoms with van der Waals surface area (Å²) in [6, 6.07) is -0.401. The summed E-state index contributed by atoms with van der Waals surface area (Å²) >= 11 is 4.84. The number of H-pyrrole nitrogens is 1. The number of rotatable bonds is 3. The molecular formula is C6H11N5OS. The number of carbonyl (C=O) groups excluding carboxylic acids is 1. The van der Waals surface area contributed by atoms with Gasteiger partial charge in [0.05, 0.1) is 0 Å². The number of carbonyl (C=O) groups is 1. The van der Waals surface area contributed by atoms with E-state index in [0.29, 0.717) is 6.54 Å². The first-order valence-electron chi connectivity index (χ1n) is 3.94. The number of amides is 1. The Morgan fingerprint density at radius 3 is 3.00 bits per heavy atom. The molecule has 1 atom stereocenters. The third kappa shape index (κ3) is 2.11. The standard InChI is InChI=1S/C6H11N5OS/c1-3-7-5(12)4(2)11-6(13)8-9-10-11/h4H,3H2,1-2H3,(H,7,12)(H,8,10,13). The number of likely N-dealkylation sites (N-methyl/N-ethyl adjacent to an activating group) is 1. The van der Waals surface area contributed by atoms with Gasteiger partial charge in [-0.05, 0) is 26.1 Å². The van der Waals surface area contributed by atoms with Gasteiger partial charge in [0.15, 0.2) is 0 Å². The molecule has 1 unspecified atom stereocenters. The van der Waals surface area contributed by atoms with Crippen molar-refractivity contribution < 1.29 is 4.79 Å². The second-order valence-electron chi connectivity index (χ2n) is 2.52. The van der Waals surface area contributed by atoms with Crippen molar-refractivity contribution in [3.8, 4) is 0 Å². The highest BCUT2D eigenvalue weighted by Gasteiger charge is 2.14. The van der Waals surface area contributed by atoms with E-state index in [1.807, 2.05) is 6.92 Å². The number of hydrogen-bond acceptors (Lipinski definition) is 4. The van der Waals surface area contributed by atoms with Gasteiger partial charge in [0.2, 0.25) is 10.7 Å². The highest BCUT2D eigenvalue weighted by molar-refractivity contribution is 7.71. The molecule has 0 aliphatic heterocycles. The fraction of sp³-hybridized carbons (Fsp3) is 0.667. The largest absolute Gasteiger partial charge is 0.355 e. The number of hydrogen-bond donors (Lipinski definition) is 2. The van der Waals surface area contributed by atoms with Gasteiger partial charge in [0, 0.05) is 6.54 Å². The Kier molecular flexibility index (Phi) is 3.13. The molecule has 0 radical (unpaired) electrons. The van der Waals surface area contributed by atoms with Crippen molar-refractivity contribution in [1.29, 1.82) is 0 Å². The number of tetrazole rings is 1. The van der Waals surface area contributed by atoms with Crippen LogP contribution in [0.4, 0.5) is 0 Å². The molecular weight excluding hydrogens is 190 g/mol. The van der Waals surface area contributed by atoms with E-state index >= 15 is 0 Å². The van der Waals surface area contributed by atoms with Crippen molar-refractivity contribution in [2.24, 2.45) is 0 Å². The third-order valence-electron chi connectivity index (χ3n) is 1.61. The molecule has 0 aliphatic rings.